The highest BCUT2D eigenvalue weighted by molar-refractivity contribution is 5.64. The second-order valence-corrected chi connectivity index (χ2v) is 5.21. The maximum Gasteiger partial charge on any atom is 0.00272 e. The van der Waals surface area contributed by atoms with Crippen LogP contribution in [0.3, 0.4) is 0 Å². The van der Waals surface area contributed by atoms with Gasteiger partial charge in [0.1, 0.15) is 0 Å². The Morgan fingerprint density at radius 1 is 1.12 bits per heavy atom. The average Bonchev–Trinajstić information content (AvgIpc) is 2.70. The van der Waals surface area contributed by atoms with Crippen molar-refractivity contribution >= 4 is 6.08 Å². The molecule has 1 aromatic rings. The number of benzene rings is 1. The second-order valence-electron chi connectivity index (χ2n) is 5.21. The number of rotatable bonds is 2. The van der Waals surface area contributed by atoms with E-state index in [2.05, 4.69) is 31.2 Å². The first-order valence-corrected chi connectivity index (χ1v) is 6.72. The van der Waals surface area contributed by atoms with E-state index in [4.69, 9.17) is 0 Å². The Morgan fingerprint density at radius 2 is 1.88 bits per heavy atom. The Bertz CT molecular complexity index is 426. The molecule has 16 heavy (non-hydrogen) atoms. The second kappa shape index (κ2) is 4.08. The van der Waals surface area contributed by atoms with Crippen LogP contribution < -0.4 is 0 Å². The molecular weight excluding hydrogens is 192 g/mol. The molecule has 0 saturated carbocycles. The Hall–Kier alpha value is -1.04. The molecule has 0 fully saturated rings. The number of aryl methyl sites for hydroxylation is 2. The van der Waals surface area contributed by atoms with Gasteiger partial charge in [-0.15, -0.1) is 0 Å². The molecule has 0 N–H and O–H groups in total. The van der Waals surface area contributed by atoms with Crippen LogP contribution in [0.5, 0.6) is 0 Å². The van der Waals surface area contributed by atoms with E-state index in [1.165, 1.54) is 44.1 Å². The lowest BCUT2D eigenvalue weighted by Gasteiger charge is -2.19. The largest absolute Gasteiger partial charge is 0.0764 e. The molecule has 0 nitrogen and oxygen atoms in total. The highest BCUT2D eigenvalue weighted by Crippen LogP contribution is 2.36. The van der Waals surface area contributed by atoms with Gasteiger partial charge in [-0.3, -0.25) is 0 Å². The predicted molar refractivity (Wildman–Crippen MR) is 69.8 cm³/mol. The zero-order chi connectivity index (χ0) is 11.0. The van der Waals surface area contributed by atoms with Crippen LogP contribution in [0.2, 0.25) is 0 Å². The zero-order valence-corrected chi connectivity index (χ0v) is 10.1. The molecule has 0 amide bonds. The quantitative estimate of drug-likeness (QED) is 0.678. The normalized spacial score (nSPS) is 21.9. The lowest BCUT2D eigenvalue weighted by molar-refractivity contribution is 0.678. The van der Waals surface area contributed by atoms with Crippen molar-refractivity contribution in [2.45, 2.75) is 51.4 Å². The smallest absolute Gasteiger partial charge is 0.00272 e. The Kier molecular flexibility index (Phi) is 2.59. The van der Waals surface area contributed by atoms with Crippen molar-refractivity contribution < 1.29 is 0 Å². The van der Waals surface area contributed by atoms with Gasteiger partial charge in [-0.2, -0.15) is 0 Å². The van der Waals surface area contributed by atoms with Crippen LogP contribution in [0, 0.1) is 0 Å². The molecule has 0 bridgehead atoms. The Balaban J connectivity index is 1.99. The molecule has 84 valence electrons. The fourth-order valence-electron chi connectivity index (χ4n) is 3.18. The van der Waals surface area contributed by atoms with Crippen molar-refractivity contribution in [2.75, 3.05) is 0 Å². The summed E-state index contributed by atoms with van der Waals surface area (Å²) < 4.78 is 0. The van der Waals surface area contributed by atoms with E-state index in [9.17, 15) is 0 Å². The van der Waals surface area contributed by atoms with Gasteiger partial charge in [-0.25, -0.2) is 0 Å². The molecule has 1 aromatic carbocycles. The fourth-order valence-corrected chi connectivity index (χ4v) is 3.18. The van der Waals surface area contributed by atoms with Crippen LogP contribution in [-0.4, -0.2) is 0 Å². The van der Waals surface area contributed by atoms with E-state index in [1.54, 1.807) is 16.7 Å². The van der Waals surface area contributed by atoms with Gasteiger partial charge < -0.3 is 0 Å². The zero-order valence-electron chi connectivity index (χ0n) is 10.1. The van der Waals surface area contributed by atoms with Crippen LogP contribution in [-0.2, 0) is 12.8 Å². The molecule has 1 atom stereocenters. The molecule has 0 aromatic heterocycles. The first kappa shape index (κ1) is 10.1. The minimum atomic E-state index is 0.701. The summed E-state index contributed by atoms with van der Waals surface area (Å²) >= 11 is 0. The summed E-state index contributed by atoms with van der Waals surface area (Å²) in [5.41, 5.74) is 6.35. The molecule has 0 spiro atoms. The third kappa shape index (κ3) is 1.61. The molecule has 2 aliphatic rings. The number of allylic oxidation sites excluding steroid dienone is 1. The van der Waals surface area contributed by atoms with Crippen molar-refractivity contribution in [1.82, 2.24) is 0 Å². The molecule has 0 saturated heterocycles. The standard InChI is InChI=1S/C16H20/c1-2-5-12-8-9-15-10-13-6-3-4-7-14(13)11-16(12)15/h8-12H,2-7H2,1H3. The highest BCUT2D eigenvalue weighted by Gasteiger charge is 2.19. The average molecular weight is 212 g/mol. The van der Waals surface area contributed by atoms with E-state index in [1.807, 2.05) is 0 Å². The third-order valence-corrected chi connectivity index (χ3v) is 4.05. The van der Waals surface area contributed by atoms with E-state index >= 15 is 0 Å². The minimum absolute atomic E-state index is 0.701. The molecular formula is C16H20. The maximum absolute atomic E-state index is 2.50. The molecule has 1 unspecified atom stereocenters. The van der Waals surface area contributed by atoms with Gasteiger partial charge in [-0.05, 0) is 54.4 Å². The first-order chi connectivity index (χ1) is 7.88. The van der Waals surface area contributed by atoms with E-state index in [0.717, 1.165) is 0 Å². The van der Waals surface area contributed by atoms with E-state index in [-0.39, 0.29) is 0 Å². The van der Waals surface area contributed by atoms with Crippen molar-refractivity contribution in [3.05, 3.63) is 40.5 Å². The lowest BCUT2D eigenvalue weighted by atomic mass is 9.86. The van der Waals surface area contributed by atoms with Gasteiger partial charge in [0.25, 0.3) is 0 Å². The summed E-state index contributed by atoms with van der Waals surface area (Å²) in [5.74, 6) is 0.701. The van der Waals surface area contributed by atoms with Crippen molar-refractivity contribution in [3.8, 4) is 0 Å². The van der Waals surface area contributed by atoms with Crippen LogP contribution in [0.1, 0.15) is 60.8 Å². The van der Waals surface area contributed by atoms with E-state index in [0.29, 0.717) is 5.92 Å². The predicted octanol–water partition coefficient (Wildman–Crippen LogP) is 4.48. The number of hydrogen-bond acceptors (Lipinski definition) is 0. The van der Waals surface area contributed by atoms with Gasteiger partial charge in [0, 0.05) is 5.92 Å². The summed E-state index contributed by atoms with van der Waals surface area (Å²) in [6.07, 6.45) is 12.7. The third-order valence-electron chi connectivity index (χ3n) is 4.05. The minimum Gasteiger partial charge on any atom is -0.0764 e. The maximum atomic E-state index is 2.50. The SMILES string of the molecule is CCCC1C=Cc2cc3c(cc21)CCCC3. The molecule has 2 aliphatic carbocycles. The number of fused-ring (bicyclic) bond motifs is 2. The molecule has 0 aliphatic heterocycles. The summed E-state index contributed by atoms with van der Waals surface area (Å²) in [7, 11) is 0. The van der Waals surface area contributed by atoms with Gasteiger partial charge >= 0.3 is 0 Å². The summed E-state index contributed by atoms with van der Waals surface area (Å²) in [4.78, 5) is 0. The van der Waals surface area contributed by atoms with Gasteiger partial charge in [0.15, 0.2) is 0 Å². The molecule has 0 radical (unpaired) electrons. The van der Waals surface area contributed by atoms with Crippen LogP contribution >= 0.6 is 0 Å². The summed E-state index contributed by atoms with van der Waals surface area (Å²) in [5, 5.41) is 0. The van der Waals surface area contributed by atoms with Gasteiger partial charge in [0.2, 0.25) is 0 Å². The topological polar surface area (TPSA) is 0 Å². The molecule has 0 heteroatoms. The molecule has 3 rings (SSSR count). The summed E-state index contributed by atoms with van der Waals surface area (Å²) in [6.45, 7) is 2.28. The lowest BCUT2D eigenvalue weighted by Crippen LogP contribution is -2.05. The van der Waals surface area contributed by atoms with Crippen LogP contribution in [0.4, 0.5) is 0 Å². The van der Waals surface area contributed by atoms with Gasteiger partial charge in [-0.1, -0.05) is 37.6 Å². The monoisotopic (exact) mass is 212 g/mol. The first-order valence-electron chi connectivity index (χ1n) is 6.72. The Morgan fingerprint density at radius 3 is 2.62 bits per heavy atom. The van der Waals surface area contributed by atoms with Crippen LogP contribution in [0.25, 0.3) is 6.08 Å². The summed E-state index contributed by atoms with van der Waals surface area (Å²) in [6, 6.07) is 4.96. The number of hydrogen-bond donors (Lipinski definition) is 0. The van der Waals surface area contributed by atoms with Crippen LogP contribution in [0.15, 0.2) is 18.2 Å². The highest BCUT2D eigenvalue weighted by atomic mass is 14.2. The van der Waals surface area contributed by atoms with Crippen molar-refractivity contribution in [1.29, 1.82) is 0 Å². The van der Waals surface area contributed by atoms with Gasteiger partial charge in [0.05, 0.1) is 0 Å². The van der Waals surface area contributed by atoms with E-state index < -0.39 is 0 Å². The fraction of sp³-hybridized carbons (Fsp3) is 0.500. The van der Waals surface area contributed by atoms with Crippen molar-refractivity contribution in [2.24, 2.45) is 0 Å². The molecule has 0 heterocycles. The Labute approximate surface area is 98.4 Å². The van der Waals surface area contributed by atoms with Crippen molar-refractivity contribution in [3.63, 3.8) is 0 Å².